The number of halogens is 1. The van der Waals surface area contributed by atoms with Crippen molar-refractivity contribution in [3.63, 3.8) is 0 Å². The predicted octanol–water partition coefficient (Wildman–Crippen LogP) is 2.66. The highest BCUT2D eigenvalue weighted by Gasteiger charge is 2.63. The molecule has 0 aromatic carbocycles. The molecule has 6 atom stereocenters. The molecule has 4 aliphatic rings. The van der Waals surface area contributed by atoms with E-state index in [-0.39, 0.29) is 0 Å². The van der Waals surface area contributed by atoms with Crippen LogP contribution in [0.3, 0.4) is 0 Å². The zero-order valence-corrected chi connectivity index (χ0v) is 11.6. The molecule has 6 unspecified atom stereocenters. The van der Waals surface area contributed by atoms with Crippen LogP contribution in [0.2, 0.25) is 0 Å². The molecule has 3 saturated carbocycles. The molecule has 1 heterocycles. The van der Waals surface area contributed by atoms with E-state index in [9.17, 15) is 4.79 Å². The third kappa shape index (κ3) is 1.14. The topological polar surface area (TPSA) is 20.3 Å². The molecule has 4 fully saturated rings. The van der Waals surface area contributed by atoms with E-state index in [1.807, 2.05) is 0 Å². The van der Waals surface area contributed by atoms with Gasteiger partial charge in [-0.1, -0.05) is 12.8 Å². The second-order valence-electron chi connectivity index (χ2n) is 6.22. The molecule has 3 aliphatic carbocycles. The van der Waals surface area contributed by atoms with Gasteiger partial charge < -0.3 is 0 Å². The van der Waals surface area contributed by atoms with Crippen LogP contribution in [0.25, 0.3) is 0 Å². The Hall–Kier alpha value is 0.360. The van der Waals surface area contributed by atoms with Crippen molar-refractivity contribution in [1.29, 1.82) is 0 Å². The molecule has 0 amide bonds. The molecule has 0 N–H and O–H groups in total. The van der Waals surface area contributed by atoms with Crippen molar-refractivity contribution in [2.24, 2.45) is 29.6 Å². The fraction of sp³-hybridized carbons (Fsp3) is 0.923. The van der Waals surface area contributed by atoms with Crippen LogP contribution in [0.15, 0.2) is 0 Å². The van der Waals surface area contributed by atoms with Crippen molar-refractivity contribution in [3.05, 3.63) is 0 Å². The van der Waals surface area contributed by atoms with Crippen LogP contribution in [0.5, 0.6) is 0 Å². The van der Waals surface area contributed by atoms with Crippen molar-refractivity contribution in [2.75, 3.05) is 6.54 Å². The maximum Gasteiger partial charge on any atom is 0.152 e. The molecular formula is C13H18INO. The highest BCUT2D eigenvalue weighted by Crippen LogP contribution is 2.62. The van der Waals surface area contributed by atoms with Crippen LogP contribution in [0.1, 0.15) is 32.1 Å². The maximum absolute atomic E-state index is 12.1. The van der Waals surface area contributed by atoms with Crippen LogP contribution in [-0.2, 0) is 4.79 Å². The number of nitrogens with zero attached hydrogens (tertiary/aromatic N) is 1. The van der Waals surface area contributed by atoms with Crippen molar-refractivity contribution < 1.29 is 4.79 Å². The van der Waals surface area contributed by atoms with Gasteiger partial charge in [-0.3, -0.25) is 4.79 Å². The Balaban J connectivity index is 1.71. The lowest BCUT2D eigenvalue weighted by molar-refractivity contribution is -0.122. The predicted molar refractivity (Wildman–Crippen MR) is 70.1 cm³/mol. The van der Waals surface area contributed by atoms with E-state index in [1.54, 1.807) is 0 Å². The number of hydrogen-bond donors (Lipinski definition) is 0. The number of rotatable bonds is 0. The van der Waals surface area contributed by atoms with Crippen molar-refractivity contribution in [2.45, 2.75) is 38.1 Å². The van der Waals surface area contributed by atoms with Gasteiger partial charge in [0, 0.05) is 34.8 Å². The molecule has 2 nitrogen and oxygen atoms in total. The lowest BCUT2D eigenvalue weighted by Crippen LogP contribution is -2.42. The van der Waals surface area contributed by atoms with Crippen LogP contribution >= 0.6 is 22.9 Å². The lowest BCUT2D eigenvalue weighted by Gasteiger charge is -2.41. The fourth-order valence-corrected chi connectivity index (χ4v) is 6.51. The summed E-state index contributed by atoms with van der Waals surface area (Å²) < 4.78 is 2.33. The lowest BCUT2D eigenvalue weighted by atomic mass is 9.66. The van der Waals surface area contributed by atoms with Gasteiger partial charge in [-0.25, -0.2) is 3.11 Å². The first kappa shape index (κ1) is 10.3. The average Bonchev–Trinajstić information content (AvgIpc) is 2.91. The van der Waals surface area contributed by atoms with E-state index in [1.165, 1.54) is 32.1 Å². The Labute approximate surface area is 111 Å². The molecule has 16 heavy (non-hydrogen) atoms. The van der Waals surface area contributed by atoms with Crippen LogP contribution < -0.4 is 0 Å². The summed E-state index contributed by atoms with van der Waals surface area (Å²) in [5.41, 5.74) is 0. The third-order valence-corrected chi connectivity index (χ3v) is 6.77. The molecule has 88 valence electrons. The maximum atomic E-state index is 12.1. The Morgan fingerprint density at radius 3 is 2.50 bits per heavy atom. The van der Waals surface area contributed by atoms with E-state index in [4.69, 9.17) is 0 Å². The number of hydrogen-bond acceptors (Lipinski definition) is 2. The molecule has 1 saturated heterocycles. The van der Waals surface area contributed by atoms with Crippen LogP contribution in [-0.4, -0.2) is 21.5 Å². The largest absolute Gasteiger partial charge is 0.298 e. The highest BCUT2D eigenvalue weighted by molar-refractivity contribution is 14.1. The van der Waals surface area contributed by atoms with Gasteiger partial charge in [0.05, 0.1) is 6.54 Å². The summed E-state index contributed by atoms with van der Waals surface area (Å²) in [6, 6.07) is 0.623. The molecule has 0 aromatic heterocycles. The summed E-state index contributed by atoms with van der Waals surface area (Å²) in [4.78, 5) is 12.1. The molecule has 0 aromatic rings. The second-order valence-corrected chi connectivity index (χ2v) is 7.46. The van der Waals surface area contributed by atoms with Crippen molar-refractivity contribution in [1.82, 2.24) is 3.11 Å². The summed E-state index contributed by atoms with van der Waals surface area (Å²) in [5.74, 6) is 4.52. The summed E-state index contributed by atoms with van der Waals surface area (Å²) in [6.45, 7) is 0.725. The van der Waals surface area contributed by atoms with E-state index >= 15 is 0 Å². The molecule has 0 spiro atoms. The minimum atomic E-state index is 0.432. The first-order chi connectivity index (χ1) is 7.77. The average molecular weight is 331 g/mol. The van der Waals surface area contributed by atoms with Gasteiger partial charge in [-0.2, -0.15) is 0 Å². The van der Waals surface area contributed by atoms with E-state index < -0.39 is 0 Å². The first-order valence-electron chi connectivity index (χ1n) is 6.72. The summed E-state index contributed by atoms with van der Waals surface area (Å²) >= 11 is 2.40. The van der Waals surface area contributed by atoms with Gasteiger partial charge >= 0.3 is 0 Å². The fourth-order valence-electron chi connectivity index (χ4n) is 5.41. The number of carbonyl (C=O) groups is 1. The highest BCUT2D eigenvalue weighted by atomic mass is 127. The van der Waals surface area contributed by atoms with Gasteiger partial charge in [0.2, 0.25) is 0 Å². The number of Topliss-reactive ketones (excluding diaryl/α,β-unsaturated/α-hetero) is 1. The van der Waals surface area contributed by atoms with Crippen molar-refractivity contribution in [3.8, 4) is 0 Å². The standard InChI is InChI=1S/C13H18INO/c14-15-6-11(16)12-9-5-10(13(12)15)8-4-2-1-3-7(8)9/h7-10,12-13H,1-6H2. The van der Waals surface area contributed by atoms with E-state index in [0.29, 0.717) is 17.7 Å². The molecular weight excluding hydrogens is 313 g/mol. The molecule has 2 bridgehead atoms. The van der Waals surface area contributed by atoms with Gasteiger partial charge in [0.1, 0.15) is 0 Å². The summed E-state index contributed by atoms with van der Waals surface area (Å²) in [7, 11) is 0. The van der Waals surface area contributed by atoms with Gasteiger partial charge in [0.15, 0.2) is 5.78 Å². The van der Waals surface area contributed by atoms with Crippen LogP contribution in [0.4, 0.5) is 0 Å². The third-order valence-electron chi connectivity index (χ3n) is 5.79. The normalized spacial score (nSPS) is 55.4. The summed E-state index contributed by atoms with van der Waals surface area (Å²) in [5, 5.41) is 0. The molecule has 4 rings (SSSR count). The number of fused-ring (bicyclic) bond motifs is 8. The zero-order chi connectivity index (χ0) is 10.9. The quantitative estimate of drug-likeness (QED) is 0.502. The van der Waals surface area contributed by atoms with Gasteiger partial charge in [-0.15, -0.1) is 0 Å². The smallest absolute Gasteiger partial charge is 0.152 e. The Morgan fingerprint density at radius 2 is 1.75 bits per heavy atom. The number of ketones is 1. The van der Waals surface area contributed by atoms with Crippen LogP contribution in [0, 0.1) is 29.6 Å². The van der Waals surface area contributed by atoms with Crippen molar-refractivity contribution >= 4 is 28.6 Å². The van der Waals surface area contributed by atoms with E-state index in [0.717, 1.165) is 30.2 Å². The monoisotopic (exact) mass is 331 g/mol. The molecule has 0 radical (unpaired) electrons. The first-order valence-corrected chi connectivity index (χ1v) is 7.69. The Bertz CT molecular complexity index is 345. The minimum Gasteiger partial charge on any atom is -0.298 e. The second kappa shape index (κ2) is 3.44. The van der Waals surface area contributed by atoms with E-state index in [2.05, 4.69) is 26.0 Å². The Morgan fingerprint density at radius 1 is 1.06 bits per heavy atom. The summed E-state index contributed by atoms with van der Waals surface area (Å²) in [6.07, 6.45) is 7.11. The van der Waals surface area contributed by atoms with Gasteiger partial charge in [-0.05, 0) is 42.9 Å². The number of carbonyl (C=O) groups excluding carboxylic acids is 1. The Kier molecular flexibility index (Phi) is 2.21. The SMILES string of the molecule is O=C1CN(I)C2C3CC(C4CCCCC43)C12. The molecule has 3 heteroatoms. The van der Waals surface area contributed by atoms with Gasteiger partial charge in [0.25, 0.3) is 0 Å². The minimum absolute atomic E-state index is 0.432. The molecule has 1 aliphatic heterocycles. The zero-order valence-electron chi connectivity index (χ0n) is 9.44.